The fraction of sp³-hybridized carbons (Fsp3) is 0.500. The summed E-state index contributed by atoms with van der Waals surface area (Å²) in [5.74, 6) is 0.0397. The van der Waals surface area contributed by atoms with Gasteiger partial charge in [-0.1, -0.05) is 24.6 Å². The Balaban J connectivity index is 2.15. The molecule has 0 bridgehead atoms. The molecule has 0 amide bonds. The van der Waals surface area contributed by atoms with Crippen molar-refractivity contribution < 1.29 is 14.3 Å². The lowest BCUT2D eigenvalue weighted by Gasteiger charge is -2.35. The molecule has 3 nitrogen and oxygen atoms in total. The molecule has 108 valence electrons. The SMILES string of the molecule is COC(=O)CC[C@@]1(Sc2ccccc2)CCCCC1=O. The Hall–Kier alpha value is -1.29. The van der Waals surface area contributed by atoms with Crippen molar-refractivity contribution in [2.75, 3.05) is 7.11 Å². The van der Waals surface area contributed by atoms with Crippen molar-refractivity contribution in [3.8, 4) is 0 Å². The summed E-state index contributed by atoms with van der Waals surface area (Å²) in [4.78, 5) is 25.0. The summed E-state index contributed by atoms with van der Waals surface area (Å²) in [5.41, 5.74) is 0. The first-order valence-electron chi connectivity index (χ1n) is 7.00. The zero-order valence-corrected chi connectivity index (χ0v) is 12.6. The molecule has 1 aromatic carbocycles. The molecule has 20 heavy (non-hydrogen) atoms. The molecule has 0 heterocycles. The van der Waals surface area contributed by atoms with Crippen LogP contribution < -0.4 is 0 Å². The van der Waals surface area contributed by atoms with Crippen LogP contribution in [0.1, 0.15) is 38.5 Å². The molecular weight excluding hydrogens is 272 g/mol. The number of thioether (sulfide) groups is 1. The smallest absolute Gasteiger partial charge is 0.305 e. The van der Waals surface area contributed by atoms with Gasteiger partial charge in [-0.25, -0.2) is 0 Å². The van der Waals surface area contributed by atoms with E-state index in [1.54, 1.807) is 11.8 Å². The Bertz CT molecular complexity index is 472. The number of rotatable bonds is 5. The van der Waals surface area contributed by atoms with Crippen LogP contribution in [0, 0.1) is 0 Å². The maximum atomic E-state index is 12.4. The molecule has 1 aromatic rings. The Morgan fingerprint density at radius 1 is 1.30 bits per heavy atom. The van der Waals surface area contributed by atoms with Crippen molar-refractivity contribution in [1.82, 2.24) is 0 Å². The molecule has 1 fully saturated rings. The molecule has 0 aliphatic heterocycles. The second-order valence-electron chi connectivity index (χ2n) is 5.12. The van der Waals surface area contributed by atoms with Crippen molar-refractivity contribution in [2.24, 2.45) is 0 Å². The molecule has 0 aromatic heterocycles. The third kappa shape index (κ3) is 3.63. The number of ketones is 1. The van der Waals surface area contributed by atoms with Gasteiger partial charge in [-0.05, 0) is 31.4 Å². The number of esters is 1. The zero-order chi connectivity index (χ0) is 14.4. The van der Waals surface area contributed by atoms with E-state index in [0.29, 0.717) is 19.3 Å². The highest BCUT2D eigenvalue weighted by atomic mass is 32.2. The Morgan fingerprint density at radius 2 is 2.05 bits per heavy atom. The van der Waals surface area contributed by atoms with E-state index in [-0.39, 0.29) is 11.8 Å². The van der Waals surface area contributed by atoms with Gasteiger partial charge in [-0.3, -0.25) is 9.59 Å². The van der Waals surface area contributed by atoms with E-state index in [2.05, 4.69) is 0 Å². The lowest BCUT2D eigenvalue weighted by Crippen LogP contribution is -2.38. The second kappa shape index (κ2) is 6.93. The third-order valence-electron chi connectivity index (χ3n) is 3.76. The number of methoxy groups -OCH3 is 1. The molecule has 1 atom stereocenters. The molecule has 4 heteroatoms. The van der Waals surface area contributed by atoms with Gasteiger partial charge >= 0.3 is 5.97 Å². The lowest BCUT2D eigenvalue weighted by molar-refractivity contribution is -0.141. The summed E-state index contributed by atoms with van der Waals surface area (Å²) >= 11 is 1.62. The molecule has 0 radical (unpaired) electrons. The quantitative estimate of drug-likeness (QED) is 0.778. The van der Waals surface area contributed by atoms with Crippen molar-refractivity contribution in [3.63, 3.8) is 0 Å². The molecular formula is C16H20O3S. The van der Waals surface area contributed by atoms with E-state index in [1.807, 2.05) is 30.3 Å². The first-order valence-corrected chi connectivity index (χ1v) is 7.82. The first-order chi connectivity index (χ1) is 9.66. The van der Waals surface area contributed by atoms with Crippen LogP contribution in [0.3, 0.4) is 0 Å². The molecule has 0 saturated heterocycles. The normalized spacial score (nSPS) is 22.6. The molecule has 0 spiro atoms. The minimum Gasteiger partial charge on any atom is -0.469 e. The van der Waals surface area contributed by atoms with Gasteiger partial charge in [-0.15, -0.1) is 11.8 Å². The number of ether oxygens (including phenoxy) is 1. The van der Waals surface area contributed by atoms with Gasteiger partial charge in [0.05, 0.1) is 11.9 Å². The van der Waals surface area contributed by atoms with Gasteiger partial charge < -0.3 is 4.74 Å². The Labute approximate surface area is 124 Å². The summed E-state index contributed by atoms with van der Waals surface area (Å²) in [6.45, 7) is 0. The predicted octanol–water partition coefficient (Wildman–Crippen LogP) is 3.61. The standard InChI is InChI=1S/C16H20O3S/c1-19-15(18)10-12-16(11-6-5-9-14(16)17)20-13-7-3-2-4-8-13/h2-4,7-8H,5-6,9-12H2,1H3/t16-/m0/s1. The van der Waals surface area contributed by atoms with Crippen LogP contribution in [0.15, 0.2) is 35.2 Å². The Morgan fingerprint density at radius 3 is 2.70 bits per heavy atom. The number of carbonyl (C=O) groups is 2. The highest BCUT2D eigenvalue weighted by molar-refractivity contribution is 8.01. The molecule has 0 unspecified atom stereocenters. The van der Waals surface area contributed by atoms with Crippen LogP contribution in [0.2, 0.25) is 0 Å². The monoisotopic (exact) mass is 292 g/mol. The lowest BCUT2D eigenvalue weighted by atomic mass is 9.84. The number of carbonyl (C=O) groups excluding carboxylic acids is 2. The van der Waals surface area contributed by atoms with Crippen LogP contribution in [0.5, 0.6) is 0 Å². The minimum absolute atomic E-state index is 0.239. The maximum Gasteiger partial charge on any atom is 0.305 e. The highest BCUT2D eigenvalue weighted by Crippen LogP contribution is 2.44. The highest BCUT2D eigenvalue weighted by Gasteiger charge is 2.40. The van der Waals surface area contributed by atoms with Crippen molar-refractivity contribution in [2.45, 2.75) is 48.2 Å². The van der Waals surface area contributed by atoms with Crippen molar-refractivity contribution in [3.05, 3.63) is 30.3 Å². The summed E-state index contributed by atoms with van der Waals surface area (Å²) in [6, 6.07) is 9.96. The zero-order valence-electron chi connectivity index (χ0n) is 11.8. The number of hydrogen-bond donors (Lipinski definition) is 0. The third-order valence-corrected chi connectivity index (χ3v) is 5.29. The largest absolute Gasteiger partial charge is 0.469 e. The molecule has 1 saturated carbocycles. The van der Waals surface area contributed by atoms with Crippen LogP contribution in [-0.2, 0) is 14.3 Å². The summed E-state index contributed by atoms with van der Waals surface area (Å²) in [7, 11) is 1.39. The topological polar surface area (TPSA) is 43.4 Å². The van der Waals surface area contributed by atoms with E-state index >= 15 is 0 Å². The summed E-state index contributed by atoms with van der Waals surface area (Å²) < 4.78 is 4.26. The fourth-order valence-corrected chi connectivity index (χ4v) is 4.02. The number of Topliss-reactive ketones (excluding diaryl/α,β-unsaturated/α-hetero) is 1. The van der Waals surface area contributed by atoms with Crippen molar-refractivity contribution >= 4 is 23.5 Å². The molecule has 0 N–H and O–H groups in total. The fourth-order valence-electron chi connectivity index (χ4n) is 2.61. The molecule has 1 aliphatic rings. The number of hydrogen-bond acceptors (Lipinski definition) is 4. The van der Waals surface area contributed by atoms with E-state index in [0.717, 1.165) is 24.2 Å². The first kappa shape index (κ1) is 15.1. The van der Waals surface area contributed by atoms with E-state index < -0.39 is 4.75 Å². The number of benzene rings is 1. The van der Waals surface area contributed by atoms with Crippen LogP contribution in [-0.4, -0.2) is 23.6 Å². The predicted molar refractivity (Wildman–Crippen MR) is 79.8 cm³/mol. The van der Waals surface area contributed by atoms with Crippen LogP contribution in [0.4, 0.5) is 0 Å². The van der Waals surface area contributed by atoms with Crippen LogP contribution >= 0.6 is 11.8 Å². The van der Waals surface area contributed by atoms with Crippen LogP contribution in [0.25, 0.3) is 0 Å². The summed E-state index contributed by atoms with van der Waals surface area (Å²) in [5, 5.41) is 0. The van der Waals surface area contributed by atoms with Gasteiger partial charge in [-0.2, -0.15) is 0 Å². The second-order valence-corrected chi connectivity index (χ2v) is 6.57. The Kier molecular flexibility index (Phi) is 5.24. The van der Waals surface area contributed by atoms with Gasteiger partial charge in [0.15, 0.2) is 0 Å². The average molecular weight is 292 g/mol. The van der Waals surface area contributed by atoms with Gasteiger partial charge in [0.25, 0.3) is 0 Å². The summed E-state index contributed by atoms with van der Waals surface area (Å²) in [6.07, 6.45) is 4.37. The van der Waals surface area contributed by atoms with E-state index in [4.69, 9.17) is 4.74 Å². The van der Waals surface area contributed by atoms with E-state index in [9.17, 15) is 9.59 Å². The molecule has 2 rings (SSSR count). The van der Waals surface area contributed by atoms with Gasteiger partial charge in [0.2, 0.25) is 0 Å². The van der Waals surface area contributed by atoms with Crippen molar-refractivity contribution in [1.29, 1.82) is 0 Å². The maximum absolute atomic E-state index is 12.4. The average Bonchev–Trinajstić information content (AvgIpc) is 2.49. The molecule has 1 aliphatic carbocycles. The minimum atomic E-state index is -0.451. The van der Waals surface area contributed by atoms with E-state index in [1.165, 1.54) is 7.11 Å². The van der Waals surface area contributed by atoms with Gasteiger partial charge in [0.1, 0.15) is 5.78 Å². The van der Waals surface area contributed by atoms with Gasteiger partial charge in [0, 0.05) is 17.7 Å².